The van der Waals surface area contributed by atoms with Gasteiger partial charge in [-0.3, -0.25) is 9.59 Å². The molecule has 146 valence electrons. The number of benzene rings is 1. The maximum absolute atomic E-state index is 12.5. The van der Waals surface area contributed by atoms with Crippen LogP contribution in [0.5, 0.6) is 0 Å². The van der Waals surface area contributed by atoms with Gasteiger partial charge in [0.15, 0.2) is 0 Å². The van der Waals surface area contributed by atoms with E-state index in [-0.39, 0.29) is 31.4 Å². The lowest BCUT2D eigenvalue weighted by molar-refractivity contribution is -0.139. The van der Waals surface area contributed by atoms with E-state index in [1.54, 1.807) is 23.3 Å². The van der Waals surface area contributed by atoms with Crippen LogP contribution in [0.3, 0.4) is 0 Å². The highest BCUT2D eigenvalue weighted by Gasteiger charge is 2.28. The molecule has 2 aromatic rings. The number of thiazole rings is 1. The van der Waals surface area contributed by atoms with Crippen LogP contribution < -0.4 is 0 Å². The van der Waals surface area contributed by atoms with Crippen molar-refractivity contribution in [1.82, 2.24) is 14.8 Å². The van der Waals surface area contributed by atoms with Crippen LogP contribution >= 0.6 is 11.3 Å². The van der Waals surface area contributed by atoms with Gasteiger partial charge in [0.05, 0.1) is 34.5 Å². The van der Waals surface area contributed by atoms with Gasteiger partial charge in [0, 0.05) is 33.2 Å². The Kier molecular flexibility index (Phi) is 6.76. The number of aromatic nitrogens is 1. The average Bonchev–Trinajstić information content (AvgIpc) is 3.00. The summed E-state index contributed by atoms with van der Waals surface area (Å²) in [5, 5.41) is 11.2. The number of hydrogen-bond donors (Lipinski definition) is 1. The molecule has 1 aromatic heterocycles. The van der Waals surface area contributed by atoms with E-state index >= 15 is 0 Å². The minimum Gasteiger partial charge on any atom is -0.389 e. The highest BCUT2D eigenvalue weighted by Crippen LogP contribution is 2.23. The van der Waals surface area contributed by atoms with E-state index in [2.05, 4.69) is 4.98 Å². The molecular formula is C19H25N3O4S. The molecule has 7 nitrogen and oxygen atoms in total. The summed E-state index contributed by atoms with van der Waals surface area (Å²) in [6.07, 6.45) is 1.01. The molecule has 3 rings (SSSR count). The van der Waals surface area contributed by atoms with Crippen molar-refractivity contribution >= 4 is 33.4 Å². The second kappa shape index (κ2) is 9.25. The Balaban J connectivity index is 1.51. The Morgan fingerprint density at radius 2 is 2.19 bits per heavy atom. The zero-order valence-corrected chi connectivity index (χ0v) is 16.3. The van der Waals surface area contributed by atoms with Gasteiger partial charge in [0.2, 0.25) is 11.8 Å². The first kappa shape index (κ1) is 19.7. The predicted molar refractivity (Wildman–Crippen MR) is 104 cm³/mol. The largest absolute Gasteiger partial charge is 0.389 e. The molecule has 0 spiro atoms. The molecule has 1 unspecified atom stereocenters. The van der Waals surface area contributed by atoms with Crippen molar-refractivity contribution in [2.45, 2.75) is 25.4 Å². The number of aryl methyl sites for hydroxylation is 1. The van der Waals surface area contributed by atoms with Gasteiger partial charge in [0.1, 0.15) is 0 Å². The number of carbonyl (C=O) groups is 2. The molecule has 0 aliphatic carbocycles. The number of nitrogens with zero attached hydrogens (tertiary/aromatic N) is 3. The van der Waals surface area contributed by atoms with Gasteiger partial charge >= 0.3 is 0 Å². The third-order valence-electron chi connectivity index (χ3n) is 4.58. The lowest BCUT2D eigenvalue weighted by Gasteiger charge is -2.21. The van der Waals surface area contributed by atoms with Crippen LogP contribution in [-0.4, -0.2) is 77.7 Å². The molecule has 1 aliphatic rings. The van der Waals surface area contributed by atoms with Crippen LogP contribution in [0.2, 0.25) is 0 Å². The van der Waals surface area contributed by atoms with E-state index < -0.39 is 6.10 Å². The number of hydrogen-bond acceptors (Lipinski definition) is 6. The van der Waals surface area contributed by atoms with E-state index in [4.69, 9.17) is 4.74 Å². The molecular weight excluding hydrogens is 366 g/mol. The fourth-order valence-corrected chi connectivity index (χ4v) is 4.19. The molecule has 2 amide bonds. The summed E-state index contributed by atoms with van der Waals surface area (Å²) >= 11 is 1.65. The molecule has 1 aromatic carbocycles. The van der Waals surface area contributed by atoms with E-state index in [1.165, 1.54) is 4.90 Å². The van der Waals surface area contributed by atoms with Gasteiger partial charge in [-0.05, 0) is 25.0 Å². The molecule has 1 saturated heterocycles. The summed E-state index contributed by atoms with van der Waals surface area (Å²) in [6, 6.07) is 7.99. The van der Waals surface area contributed by atoms with Gasteiger partial charge in [-0.15, -0.1) is 11.3 Å². The number of methoxy groups -OCH3 is 1. The maximum atomic E-state index is 12.5. The number of carbonyl (C=O) groups excluding carboxylic acids is 2. The summed E-state index contributed by atoms with van der Waals surface area (Å²) in [6.45, 7) is 1.27. The summed E-state index contributed by atoms with van der Waals surface area (Å²) in [4.78, 5) is 32.5. The van der Waals surface area contributed by atoms with Crippen LogP contribution in [-0.2, 0) is 20.7 Å². The minimum atomic E-state index is -0.735. The van der Waals surface area contributed by atoms with Crippen molar-refractivity contribution < 1.29 is 19.4 Å². The Hall–Kier alpha value is -2.03. The van der Waals surface area contributed by atoms with Crippen LogP contribution in [0.15, 0.2) is 24.3 Å². The Labute approximate surface area is 162 Å². The second-order valence-electron chi connectivity index (χ2n) is 6.69. The summed E-state index contributed by atoms with van der Waals surface area (Å²) in [7, 11) is 1.57. The van der Waals surface area contributed by atoms with Crippen molar-refractivity contribution in [3.63, 3.8) is 0 Å². The second-order valence-corrected chi connectivity index (χ2v) is 7.80. The van der Waals surface area contributed by atoms with Crippen molar-refractivity contribution in [2.75, 3.05) is 39.9 Å². The molecule has 27 heavy (non-hydrogen) atoms. The fourth-order valence-electron chi connectivity index (χ4n) is 3.18. The van der Waals surface area contributed by atoms with E-state index in [0.717, 1.165) is 21.6 Å². The number of fused-ring (bicyclic) bond motifs is 1. The first-order chi connectivity index (χ1) is 13.1. The number of ether oxygens (including phenoxy) is 1. The number of aliphatic hydroxyl groups excluding tert-OH is 1. The predicted octanol–water partition coefficient (Wildman–Crippen LogP) is 1.30. The molecule has 0 bridgehead atoms. The molecule has 1 fully saturated rings. The zero-order chi connectivity index (χ0) is 19.2. The molecule has 1 aliphatic heterocycles. The topological polar surface area (TPSA) is 83.0 Å². The van der Waals surface area contributed by atoms with E-state index in [1.807, 2.05) is 24.3 Å². The summed E-state index contributed by atoms with van der Waals surface area (Å²) < 4.78 is 6.15. The summed E-state index contributed by atoms with van der Waals surface area (Å²) in [5.74, 6) is -0.250. The fraction of sp³-hybridized carbons (Fsp3) is 0.526. The van der Waals surface area contributed by atoms with Crippen molar-refractivity contribution in [1.29, 1.82) is 0 Å². The van der Waals surface area contributed by atoms with Crippen LogP contribution in [0.1, 0.15) is 17.8 Å². The van der Waals surface area contributed by atoms with Gasteiger partial charge in [-0.1, -0.05) is 12.1 Å². The van der Waals surface area contributed by atoms with E-state index in [0.29, 0.717) is 26.0 Å². The molecule has 2 heterocycles. The SMILES string of the molecule is COCCN1CC(O)CN(C(=O)CCCc2nc3ccccc3s2)CC1=O. The standard InChI is InChI=1S/C19H25N3O4S/c1-26-10-9-21-11-14(23)12-22(13-19(21)25)18(24)8-4-7-17-20-15-5-2-3-6-16(15)27-17/h2-3,5-6,14,23H,4,7-13H2,1H3. The lowest BCUT2D eigenvalue weighted by Crippen LogP contribution is -2.40. The average molecular weight is 391 g/mol. The number of aliphatic hydroxyl groups is 1. The number of amides is 2. The number of para-hydroxylation sites is 1. The van der Waals surface area contributed by atoms with Crippen molar-refractivity contribution in [3.8, 4) is 0 Å². The first-order valence-corrected chi connectivity index (χ1v) is 9.95. The Morgan fingerprint density at radius 1 is 1.37 bits per heavy atom. The first-order valence-electron chi connectivity index (χ1n) is 9.14. The third kappa shape index (κ3) is 5.24. The van der Waals surface area contributed by atoms with Crippen LogP contribution in [0.25, 0.3) is 10.2 Å². The summed E-state index contributed by atoms with van der Waals surface area (Å²) in [5.41, 5.74) is 0.987. The third-order valence-corrected chi connectivity index (χ3v) is 5.67. The van der Waals surface area contributed by atoms with Crippen molar-refractivity contribution in [3.05, 3.63) is 29.3 Å². The number of β-amino-alcohol motifs (C(OH)–C–C–N with tert-alkyl or cyclic N) is 1. The number of rotatable bonds is 7. The zero-order valence-electron chi connectivity index (χ0n) is 15.5. The smallest absolute Gasteiger partial charge is 0.242 e. The van der Waals surface area contributed by atoms with Gasteiger partial charge in [-0.25, -0.2) is 4.98 Å². The van der Waals surface area contributed by atoms with Gasteiger partial charge in [-0.2, -0.15) is 0 Å². The van der Waals surface area contributed by atoms with Crippen molar-refractivity contribution in [2.24, 2.45) is 0 Å². The Morgan fingerprint density at radius 3 is 2.96 bits per heavy atom. The monoisotopic (exact) mass is 391 g/mol. The normalized spacial score (nSPS) is 18.1. The van der Waals surface area contributed by atoms with E-state index in [9.17, 15) is 14.7 Å². The minimum absolute atomic E-state index is 0.0146. The highest BCUT2D eigenvalue weighted by molar-refractivity contribution is 7.18. The highest BCUT2D eigenvalue weighted by atomic mass is 32.1. The van der Waals surface area contributed by atoms with Crippen LogP contribution in [0, 0.1) is 0 Å². The van der Waals surface area contributed by atoms with Gasteiger partial charge < -0.3 is 19.6 Å². The van der Waals surface area contributed by atoms with Crippen LogP contribution in [0.4, 0.5) is 0 Å². The Bertz CT molecular complexity index is 761. The maximum Gasteiger partial charge on any atom is 0.242 e. The molecule has 8 heteroatoms. The quantitative estimate of drug-likeness (QED) is 0.769. The molecule has 1 atom stereocenters. The molecule has 0 saturated carbocycles. The lowest BCUT2D eigenvalue weighted by atomic mass is 10.2. The van der Waals surface area contributed by atoms with Gasteiger partial charge in [0.25, 0.3) is 0 Å². The molecule has 1 N–H and O–H groups in total. The molecule has 0 radical (unpaired) electrons.